The molecule has 0 spiro atoms. The molecule has 1 aliphatic heterocycles. The molecular weight excluding hydrogens is 304 g/mol. The fraction of sp³-hybridized carbons (Fsp3) is 0.474. The van der Waals surface area contributed by atoms with Crippen LogP contribution in [0.1, 0.15) is 43.2 Å². The average Bonchev–Trinajstić information content (AvgIpc) is 3.38. The number of hydrogen-bond donors (Lipinski definition) is 1. The van der Waals surface area contributed by atoms with E-state index in [0.717, 1.165) is 44.2 Å². The molecule has 0 radical (unpaired) electrons. The number of rotatable bonds is 3. The van der Waals surface area contributed by atoms with Crippen molar-refractivity contribution in [1.82, 2.24) is 4.90 Å². The highest BCUT2D eigenvalue weighted by molar-refractivity contribution is 6.11. The highest BCUT2D eigenvalue weighted by atomic mass is 16.3. The molecule has 2 amide bonds. The lowest BCUT2D eigenvalue weighted by atomic mass is 9.99. The number of carbonyl (C=O) groups is 2. The van der Waals surface area contributed by atoms with Crippen molar-refractivity contribution >= 4 is 28.5 Å². The molecule has 1 aliphatic carbocycles. The second-order valence-electron chi connectivity index (χ2n) is 7.04. The molecule has 0 atom stereocenters. The summed E-state index contributed by atoms with van der Waals surface area (Å²) in [6.45, 7) is 3.70. The Bertz CT molecular complexity index is 783. The van der Waals surface area contributed by atoms with Gasteiger partial charge in [0.1, 0.15) is 11.3 Å². The predicted octanol–water partition coefficient (Wildman–Crippen LogP) is 3.65. The minimum Gasteiger partial charge on any atom is -0.449 e. The van der Waals surface area contributed by atoms with Crippen LogP contribution in [0.2, 0.25) is 0 Å². The van der Waals surface area contributed by atoms with Gasteiger partial charge in [-0.25, -0.2) is 0 Å². The van der Waals surface area contributed by atoms with Crippen LogP contribution in [-0.4, -0.2) is 29.8 Å². The monoisotopic (exact) mass is 326 g/mol. The highest BCUT2D eigenvalue weighted by Gasteiger charge is 2.33. The normalized spacial score (nSPS) is 18.8. The van der Waals surface area contributed by atoms with E-state index in [2.05, 4.69) is 12.2 Å². The second-order valence-corrected chi connectivity index (χ2v) is 7.04. The van der Waals surface area contributed by atoms with Crippen LogP contribution in [0.15, 0.2) is 28.7 Å². The summed E-state index contributed by atoms with van der Waals surface area (Å²) in [7, 11) is 0. The topological polar surface area (TPSA) is 62.6 Å². The Morgan fingerprint density at radius 2 is 1.83 bits per heavy atom. The highest BCUT2D eigenvalue weighted by Crippen LogP contribution is 2.35. The predicted molar refractivity (Wildman–Crippen MR) is 91.9 cm³/mol. The molecule has 2 aromatic rings. The van der Waals surface area contributed by atoms with Crippen LogP contribution in [0.4, 0.5) is 5.69 Å². The zero-order valence-corrected chi connectivity index (χ0v) is 13.9. The van der Waals surface area contributed by atoms with Crippen LogP contribution in [0, 0.1) is 11.8 Å². The van der Waals surface area contributed by atoms with Crippen molar-refractivity contribution in [3.63, 3.8) is 0 Å². The van der Waals surface area contributed by atoms with Gasteiger partial charge in [-0.2, -0.15) is 0 Å². The first-order valence-corrected chi connectivity index (χ1v) is 8.75. The number of furan rings is 1. The van der Waals surface area contributed by atoms with Gasteiger partial charge in [0.2, 0.25) is 11.7 Å². The number of piperidine rings is 1. The number of nitrogens with one attached hydrogen (secondary N) is 1. The van der Waals surface area contributed by atoms with Crippen LogP contribution in [0.3, 0.4) is 0 Å². The van der Waals surface area contributed by atoms with Crippen LogP contribution in [0.5, 0.6) is 0 Å². The van der Waals surface area contributed by atoms with Crippen molar-refractivity contribution in [3.05, 3.63) is 30.0 Å². The Labute approximate surface area is 141 Å². The van der Waals surface area contributed by atoms with Crippen molar-refractivity contribution in [3.8, 4) is 0 Å². The summed E-state index contributed by atoms with van der Waals surface area (Å²) >= 11 is 0. The van der Waals surface area contributed by atoms with E-state index in [1.807, 2.05) is 29.2 Å². The summed E-state index contributed by atoms with van der Waals surface area (Å²) in [4.78, 5) is 27.0. The maximum Gasteiger partial charge on any atom is 0.291 e. The molecule has 5 nitrogen and oxygen atoms in total. The first-order chi connectivity index (χ1) is 11.6. The zero-order valence-electron chi connectivity index (χ0n) is 13.9. The minimum atomic E-state index is -0.121. The SMILES string of the molecule is CC1CCN(C(=O)c2oc3ccccc3c2NC(=O)C2CC2)CC1. The largest absolute Gasteiger partial charge is 0.449 e. The summed E-state index contributed by atoms with van der Waals surface area (Å²) in [5, 5.41) is 3.74. The Morgan fingerprint density at radius 3 is 2.54 bits per heavy atom. The Morgan fingerprint density at radius 1 is 1.12 bits per heavy atom. The third kappa shape index (κ3) is 2.79. The van der Waals surface area contributed by atoms with E-state index < -0.39 is 0 Å². The van der Waals surface area contributed by atoms with E-state index in [4.69, 9.17) is 4.42 Å². The first-order valence-electron chi connectivity index (χ1n) is 8.75. The third-order valence-electron chi connectivity index (χ3n) is 5.06. The van der Waals surface area contributed by atoms with Crippen LogP contribution >= 0.6 is 0 Å². The van der Waals surface area contributed by atoms with Gasteiger partial charge < -0.3 is 14.6 Å². The van der Waals surface area contributed by atoms with Crippen molar-refractivity contribution in [2.24, 2.45) is 11.8 Å². The van der Waals surface area contributed by atoms with Gasteiger partial charge in [-0.1, -0.05) is 19.1 Å². The molecule has 126 valence electrons. The molecule has 2 aliphatic rings. The number of hydrogen-bond acceptors (Lipinski definition) is 3. The molecule has 24 heavy (non-hydrogen) atoms. The maximum atomic E-state index is 12.9. The minimum absolute atomic E-state index is 0.0112. The number of carbonyl (C=O) groups excluding carboxylic acids is 2. The molecular formula is C19H22N2O3. The summed E-state index contributed by atoms with van der Waals surface area (Å²) in [6, 6.07) is 7.48. The number of nitrogens with zero attached hydrogens (tertiary/aromatic N) is 1. The second kappa shape index (κ2) is 5.96. The van der Waals surface area contributed by atoms with E-state index in [0.29, 0.717) is 17.2 Å². The molecule has 5 heteroatoms. The molecule has 0 bridgehead atoms. The van der Waals surface area contributed by atoms with Gasteiger partial charge in [-0.15, -0.1) is 0 Å². The fourth-order valence-electron chi connectivity index (χ4n) is 3.25. The summed E-state index contributed by atoms with van der Waals surface area (Å²) in [6.07, 6.45) is 3.87. The molecule has 1 saturated heterocycles. The van der Waals surface area contributed by atoms with E-state index in [1.54, 1.807) is 0 Å². The lowest BCUT2D eigenvalue weighted by Crippen LogP contribution is -2.38. The van der Waals surface area contributed by atoms with Crippen LogP contribution in [-0.2, 0) is 4.79 Å². The zero-order chi connectivity index (χ0) is 16.7. The van der Waals surface area contributed by atoms with E-state index >= 15 is 0 Å². The number of fused-ring (bicyclic) bond motifs is 1. The van der Waals surface area contributed by atoms with E-state index in [1.165, 1.54) is 0 Å². The van der Waals surface area contributed by atoms with Crippen LogP contribution in [0.25, 0.3) is 11.0 Å². The summed E-state index contributed by atoms with van der Waals surface area (Å²) < 4.78 is 5.84. The number of likely N-dealkylation sites (tertiary alicyclic amines) is 1. The number of benzene rings is 1. The van der Waals surface area contributed by atoms with Gasteiger partial charge in [-0.05, 0) is 43.7 Å². The van der Waals surface area contributed by atoms with Crippen molar-refractivity contribution in [1.29, 1.82) is 0 Å². The van der Waals surface area contributed by atoms with Gasteiger partial charge in [-0.3, -0.25) is 9.59 Å². The Balaban J connectivity index is 1.68. The maximum absolute atomic E-state index is 12.9. The Kier molecular flexibility index (Phi) is 3.79. The lowest BCUT2D eigenvalue weighted by Gasteiger charge is -2.29. The quantitative estimate of drug-likeness (QED) is 0.936. The van der Waals surface area contributed by atoms with Gasteiger partial charge in [0, 0.05) is 24.4 Å². The van der Waals surface area contributed by atoms with Gasteiger partial charge in [0.05, 0.1) is 0 Å². The average molecular weight is 326 g/mol. The number of anilines is 1. The number of para-hydroxylation sites is 1. The van der Waals surface area contributed by atoms with Crippen molar-refractivity contribution < 1.29 is 14.0 Å². The lowest BCUT2D eigenvalue weighted by molar-refractivity contribution is -0.117. The molecule has 1 aromatic carbocycles. The molecule has 1 saturated carbocycles. The third-order valence-corrected chi connectivity index (χ3v) is 5.06. The summed E-state index contributed by atoms with van der Waals surface area (Å²) in [5.41, 5.74) is 1.17. The van der Waals surface area contributed by atoms with Gasteiger partial charge >= 0.3 is 0 Å². The molecule has 4 rings (SSSR count). The van der Waals surface area contributed by atoms with Crippen molar-refractivity contribution in [2.45, 2.75) is 32.6 Å². The summed E-state index contributed by atoms with van der Waals surface area (Å²) in [5.74, 6) is 0.864. The molecule has 1 aromatic heterocycles. The Hall–Kier alpha value is -2.30. The van der Waals surface area contributed by atoms with E-state index in [-0.39, 0.29) is 23.5 Å². The fourth-order valence-corrected chi connectivity index (χ4v) is 3.25. The molecule has 2 heterocycles. The smallest absolute Gasteiger partial charge is 0.291 e. The van der Waals surface area contributed by atoms with Gasteiger partial charge in [0.25, 0.3) is 5.91 Å². The molecule has 0 unspecified atom stereocenters. The molecule has 1 N–H and O–H groups in total. The van der Waals surface area contributed by atoms with Crippen LogP contribution < -0.4 is 5.32 Å². The number of amides is 2. The molecule has 2 fully saturated rings. The standard InChI is InChI=1S/C19H22N2O3/c1-12-8-10-21(11-9-12)19(23)17-16(20-18(22)13-6-7-13)14-4-2-3-5-15(14)24-17/h2-5,12-13H,6-11H2,1H3,(H,20,22). The van der Waals surface area contributed by atoms with Gasteiger partial charge in [0.15, 0.2) is 0 Å². The van der Waals surface area contributed by atoms with Crippen molar-refractivity contribution in [2.75, 3.05) is 18.4 Å². The van der Waals surface area contributed by atoms with E-state index in [9.17, 15) is 9.59 Å². The first kappa shape index (κ1) is 15.2.